The molecule has 0 atom stereocenters. The zero-order valence-corrected chi connectivity index (χ0v) is 16.3. The fourth-order valence-electron chi connectivity index (χ4n) is 2.74. The smallest absolute Gasteiger partial charge is 0.243 e. The van der Waals surface area contributed by atoms with Crippen LogP contribution in [0, 0.1) is 0 Å². The van der Waals surface area contributed by atoms with Crippen molar-refractivity contribution in [2.24, 2.45) is 0 Å². The van der Waals surface area contributed by atoms with Crippen molar-refractivity contribution in [2.45, 2.75) is 44.6 Å². The summed E-state index contributed by atoms with van der Waals surface area (Å²) >= 11 is 5.36. The molecule has 1 heterocycles. The Kier molecular flexibility index (Phi) is 6.60. The van der Waals surface area contributed by atoms with Crippen LogP contribution in [0.15, 0.2) is 29.2 Å². The summed E-state index contributed by atoms with van der Waals surface area (Å²) in [6, 6.07) is 7.54. The van der Waals surface area contributed by atoms with Gasteiger partial charge in [-0.15, -0.1) is 0 Å². The predicted molar refractivity (Wildman–Crippen MR) is 102 cm³/mol. The quantitative estimate of drug-likeness (QED) is 0.807. The van der Waals surface area contributed by atoms with Crippen LogP contribution in [-0.4, -0.2) is 55.0 Å². The largest absolute Gasteiger partial charge is 0.360 e. The molecule has 1 aliphatic heterocycles. The van der Waals surface area contributed by atoms with Gasteiger partial charge in [0.15, 0.2) is 5.11 Å². The van der Waals surface area contributed by atoms with E-state index < -0.39 is 10.0 Å². The van der Waals surface area contributed by atoms with Crippen LogP contribution < -0.4 is 5.32 Å². The Morgan fingerprint density at radius 3 is 2.25 bits per heavy atom. The number of sulfonamides is 1. The van der Waals surface area contributed by atoms with Gasteiger partial charge < -0.3 is 10.2 Å². The van der Waals surface area contributed by atoms with E-state index in [1.54, 1.807) is 16.4 Å². The first-order valence-electron chi connectivity index (χ1n) is 8.49. The number of aryl methyl sites for hydroxylation is 1. The van der Waals surface area contributed by atoms with Gasteiger partial charge in [0.2, 0.25) is 10.0 Å². The monoisotopic (exact) mass is 369 g/mol. The van der Waals surface area contributed by atoms with Gasteiger partial charge in [-0.3, -0.25) is 0 Å². The molecular formula is C17H27N3O2S2. The van der Waals surface area contributed by atoms with E-state index in [2.05, 4.69) is 12.2 Å². The van der Waals surface area contributed by atoms with Crippen molar-refractivity contribution in [1.82, 2.24) is 14.5 Å². The molecule has 0 aromatic heterocycles. The van der Waals surface area contributed by atoms with Crippen molar-refractivity contribution in [2.75, 3.05) is 26.2 Å². The van der Waals surface area contributed by atoms with Gasteiger partial charge in [0, 0.05) is 32.2 Å². The average Bonchev–Trinajstić information content (AvgIpc) is 2.55. The molecule has 1 N–H and O–H groups in total. The van der Waals surface area contributed by atoms with Gasteiger partial charge in [-0.25, -0.2) is 8.42 Å². The molecule has 7 heteroatoms. The molecule has 0 bridgehead atoms. The van der Waals surface area contributed by atoms with Crippen LogP contribution in [0.2, 0.25) is 0 Å². The van der Waals surface area contributed by atoms with Crippen LogP contribution in [-0.2, 0) is 16.4 Å². The van der Waals surface area contributed by atoms with Crippen LogP contribution >= 0.6 is 12.2 Å². The molecule has 1 aromatic rings. The van der Waals surface area contributed by atoms with Crippen molar-refractivity contribution in [1.29, 1.82) is 0 Å². The summed E-state index contributed by atoms with van der Waals surface area (Å²) in [4.78, 5) is 2.41. The molecule has 0 saturated carbocycles. The van der Waals surface area contributed by atoms with Crippen LogP contribution in [0.3, 0.4) is 0 Å². The Labute approximate surface area is 151 Å². The number of nitrogens with zero attached hydrogens (tertiary/aromatic N) is 2. The molecule has 0 radical (unpaired) electrons. The van der Waals surface area contributed by atoms with Crippen LogP contribution in [0.4, 0.5) is 0 Å². The topological polar surface area (TPSA) is 52.7 Å². The van der Waals surface area contributed by atoms with Crippen molar-refractivity contribution in [3.63, 3.8) is 0 Å². The maximum Gasteiger partial charge on any atom is 0.243 e. The lowest BCUT2D eigenvalue weighted by Gasteiger charge is -2.36. The summed E-state index contributed by atoms with van der Waals surface area (Å²) in [6.07, 6.45) is 2.03. The van der Waals surface area contributed by atoms with Crippen LogP contribution in [0.1, 0.15) is 32.8 Å². The Morgan fingerprint density at radius 1 is 1.17 bits per heavy atom. The molecule has 5 nitrogen and oxygen atoms in total. The van der Waals surface area contributed by atoms with E-state index in [0.29, 0.717) is 36.2 Å². The SMILES string of the molecule is CCCc1ccc(S(=O)(=O)N2CCN(C(=S)NC(C)C)CC2)cc1. The van der Waals surface area contributed by atoms with Gasteiger partial charge in [-0.05, 0) is 50.2 Å². The van der Waals surface area contributed by atoms with E-state index in [4.69, 9.17) is 12.2 Å². The Morgan fingerprint density at radius 2 is 1.75 bits per heavy atom. The van der Waals surface area contributed by atoms with Gasteiger partial charge in [0.05, 0.1) is 4.90 Å². The number of nitrogens with one attached hydrogen (secondary N) is 1. The van der Waals surface area contributed by atoms with Crippen molar-refractivity contribution >= 4 is 27.4 Å². The lowest BCUT2D eigenvalue weighted by molar-refractivity contribution is 0.263. The molecule has 134 valence electrons. The summed E-state index contributed by atoms with van der Waals surface area (Å²) in [5.74, 6) is 0. The van der Waals surface area contributed by atoms with E-state index in [9.17, 15) is 8.42 Å². The number of hydrogen-bond acceptors (Lipinski definition) is 3. The van der Waals surface area contributed by atoms with Crippen LogP contribution in [0.25, 0.3) is 0 Å². The lowest BCUT2D eigenvalue weighted by atomic mass is 10.1. The first-order valence-corrected chi connectivity index (χ1v) is 10.3. The second-order valence-corrected chi connectivity index (χ2v) is 8.71. The second-order valence-electron chi connectivity index (χ2n) is 6.39. The Hall–Kier alpha value is -1.18. The number of rotatable bonds is 5. The molecule has 0 spiro atoms. The molecule has 0 unspecified atom stereocenters. The standard InChI is InChI=1S/C17H27N3O2S2/c1-4-5-15-6-8-16(9-7-15)24(21,22)20-12-10-19(11-13-20)17(23)18-14(2)3/h6-9,14H,4-5,10-13H2,1-3H3,(H,18,23). The molecule has 2 rings (SSSR count). The third-order valence-corrected chi connectivity index (χ3v) is 6.33. The van der Waals surface area contributed by atoms with E-state index in [1.165, 1.54) is 5.56 Å². The summed E-state index contributed by atoms with van der Waals surface area (Å²) in [5.41, 5.74) is 1.17. The summed E-state index contributed by atoms with van der Waals surface area (Å²) in [6.45, 7) is 8.34. The maximum atomic E-state index is 12.8. The number of thiocarbonyl (C=S) groups is 1. The van der Waals surface area contributed by atoms with Gasteiger partial charge in [-0.2, -0.15) is 4.31 Å². The zero-order chi connectivity index (χ0) is 17.7. The molecule has 1 saturated heterocycles. The van der Waals surface area contributed by atoms with E-state index in [-0.39, 0.29) is 6.04 Å². The highest BCUT2D eigenvalue weighted by atomic mass is 32.2. The average molecular weight is 370 g/mol. The molecule has 1 aliphatic rings. The maximum absolute atomic E-state index is 12.8. The molecule has 0 aliphatic carbocycles. The Bertz CT molecular complexity index is 649. The molecular weight excluding hydrogens is 342 g/mol. The minimum absolute atomic E-state index is 0.279. The summed E-state index contributed by atoms with van der Waals surface area (Å²) in [7, 11) is -3.42. The molecule has 1 fully saturated rings. The number of piperazine rings is 1. The van der Waals surface area contributed by atoms with Crippen molar-refractivity contribution < 1.29 is 8.42 Å². The summed E-state index contributed by atoms with van der Waals surface area (Å²) < 4.78 is 27.1. The molecule has 0 amide bonds. The van der Waals surface area contributed by atoms with E-state index in [1.807, 2.05) is 30.9 Å². The van der Waals surface area contributed by atoms with E-state index in [0.717, 1.165) is 12.8 Å². The number of benzene rings is 1. The number of hydrogen-bond donors (Lipinski definition) is 1. The highest BCUT2D eigenvalue weighted by Gasteiger charge is 2.29. The summed E-state index contributed by atoms with van der Waals surface area (Å²) in [5, 5.41) is 3.91. The molecule has 1 aromatic carbocycles. The van der Waals surface area contributed by atoms with Crippen molar-refractivity contribution in [3.05, 3.63) is 29.8 Å². The predicted octanol–water partition coefficient (Wildman–Crippen LogP) is 2.23. The van der Waals surface area contributed by atoms with Gasteiger partial charge in [0.25, 0.3) is 0 Å². The normalized spacial score (nSPS) is 16.4. The zero-order valence-electron chi connectivity index (χ0n) is 14.7. The van der Waals surface area contributed by atoms with Crippen LogP contribution in [0.5, 0.6) is 0 Å². The third-order valence-electron chi connectivity index (χ3n) is 4.04. The van der Waals surface area contributed by atoms with Gasteiger partial charge in [-0.1, -0.05) is 25.5 Å². The fraction of sp³-hybridized carbons (Fsp3) is 0.588. The fourth-order valence-corrected chi connectivity index (χ4v) is 4.58. The van der Waals surface area contributed by atoms with Crippen molar-refractivity contribution in [3.8, 4) is 0 Å². The molecule has 24 heavy (non-hydrogen) atoms. The van der Waals surface area contributed by atoms with E-state index >= 15 is 0 Å². The second kappa shape index (κ2) is 8.27. The highest BCUT2D eigenvalue weighted by molar-refractivity contribution is 7.89. The first kappa shape index (κ1) is 19.1. The highest BCUT2D eigenvalue weighted by Crippen LogP contribution is 2.19. The first-order chi connectivity index (χ1) is 11.3. The van der Waals surface area contributed by atoms with Gasteiger partial charge >= 0.3 is 0 Å². The van der Waals surface area contributed by atoms with Gasteiger partial charge in [0.1, 0.15) is 0 Å². The lowest BCUT2D eigenvalue weighted by Crippen LogP contribution is -2.53. The minimum Gasteiger partial charge on any atom is -0.360 e. The minimum atomic E-state index is -3.42. The Balaban J connectivity index is 2.00. The third kappa shape index (κ3) is 4.68.